The molecule has 1 saturated carbocycles. The number of anilines is 1. The number of carbonyl (C=O) groups excluding carboxylic acids is 3. The molecule has 7 heteroatoms. The summed E-state index contributed by atoms with van der Waals surface area (Å²) in [6.45, 7) is 3.79. The normalized spacial score (nSPS) is 22.8. The molecule has 0 radical (unpaired) electrons. The number of likely N-dealkylation sites (tertiary alicyclic amines) is 1. The summed E-state index contributed by atoms with van der Waals surface area (Å²) in [7, 11) is 0. The van der Waals surface area contributed by atoms with E-state index >= 15 is 0 Å². The zero-order valence-corrected chi connectivity index (χ0v) is 15.7. The maximum absolute atomic E-state index is 12.5. The number of fused-ring (bicyclic) bond motifs is 2. The fraction of sp³-hybridized carbons (Fsp3) is 0.474. The molecule has 1 saturated heterocycles. The average molecular weight is 371 g/mol. The summed E-state index contributed by atoms with van der Waals surface area (Å²) >= 11 is 1.40. The van der Waals surface area contributed by atoms with Gasteiger partial charge in [-0.3, -0.25) is 19.3 Å². The number of amides is 3. The molecular weight excluding hydrogens is 350 g/mol. The number of benzene rings is 1. The second-order valence-corrected chi connectivity index (χ2v) is 8.29. The summed E-state index contributed by atoms with van der Waals surface area (Å²) in [6.07, 6.45) is 3.46. The van der Waals surface area contributed by atoms with E-state index in [0.29, 0.717) is 5.13 Å². The molecule has 26 heavy (non-hydrogen) atoms. The van der Waals surface area contributed by atoms with Gasteiger partial charge >= 0.3 is 0 Å². The number of hydrogen-bond acceptors (Lipinski definition) is 5. The molecule has 2 fully saturated rings. The van der Waals surface area contributed by atoms with Gasteiger partial charge in [0.1, 0.15) is 6.54 Å². The second-order valence-electron chi connectivity index (χ2n) is 7.26. The first-order valence-electron chi connectivity index (χ1n) is 8.97. The van der Waals surface area contributed by atoms with Crippen molar-refractivity contribution < 1.29 is 14.4 Å². The fourth-order valence-electron chi connectivity index (χ4n) is 4.11. The molecule has 2 atom stereocenters. The van der Waals surface area contributed by atoms with Gasteiger partial charge in [0.2, 0.25) is 17.7 Å². The highest BCUT2D eigenvalue weighted by Gasteiger charge is 2.48. The largest absolute Gasteiger partial charge is 0.300 e. The van der Waals surface area contributed by atoms with Gasteiger partial charge in [-0.2, -0.15) is 0 Å². The van der Waals surface area contributed by atoms with Crippen LogP contribution in [0, 0.1) is 25.7 Å². The van der Waals surface area contributed by atoms with E-state index < -0.39 is 0 Å². The summed E-state index contributed by atoms with van der Waals surface area (Å²) in [5.41, 5.74) is 3.08. The van der Waals surface area contributed by atoms with Crippen LogP contribution in [-0.4, -0.2) is 34.2 Å². The molecule has 6 nitrogen and oxygen atoms in total. The van der Waals surface area contributed by atoms with Crippen LogP contribution in [-0.2, 0) is 14.4 Å². The monoisotopic (exact) mass is 371 g/mol. The Morgan fingerprint density at radius 1 is 1.19 bits per heavy atom. The van der Waals surface area contributed by atoms with Gasteiger partial charge in [0.25, 0.3) is 0 Å². The Bertz CT molecular complexity index is 896. The number of aromatic nitrogens is 1. The van der Waals surface area contributed by atoms with E-state index in [9.17, 15) is 14.4 Å². The number of rotatable bonds is 3. The second kappa shape index (κ2) is 6.46. The third-order valence-electron chi connectivity index (χ3n) is 5.31. The lowest BCUT2D eigenvalue weighted by atomic mass is 9.81. The minimum absolute atomic E-state index is 0.189. The van der Waals surface area contributed by atoms with Crippen LogP contribution in [0.2, 0.25) is 0 Å². The topological polar surface area (TPSA) is 79.4 Å². The molecule has 1 aliphatic carbocycles. The van der Waals surface area contributed by atoms with Gasteiger partial charge in [0.15, 0.2) is 5.13 Å². The average Bonchev–Trinajstić information content (AvgIpc) is 3.10. The van der Waals surface area contributed by atoms with Crippen LogP contribution in [0.4, 0.5) is 5.13 Å². The summed E-state index contributed by atoms with van der Waals surface area (Å²) in [5, 5.41) is 3.25. The molecule has 2 aromatic rings. The van der Waals surface area contributed by atoms with Gasteiger partial charge in [-0.1, -0.05) is 30.2 Å². The van der Waals surface area contributed by atoms with Gasteiger partial charge < -0.3 is 5.32 Å². The van der Waals surface area contributed by atoms with Crippen molar-refractivity contribution >= 4 is 44.4 Å². The van der Waals surface area contributed by atoms with E-state index in [1.165, 1.54) is 11.3 Å². The van der Waals surface area contributed by atoms with E-state index in [4.69, 9.17) is 0 Å². The van der Waals surface area contributed by atoms with Gasteiger partial charge in [-0.05, 0) is 43.9 Å². The zero-order chi connectivity index (χ0) is 18.4. The Morgan fingerprint density at radius 3 is 2.50 bits per heavy atom. The highest BCUT2D eigenvalue weighted by molar-refractivity contribution is 7.22. The van der Waals surface area contributed by atoms with Crippen molar-refractivity contribution in [1.29, 1.82) is 0 Å². The van der Waals surface area contributed by atoms with Gasteiger partial charge in [0.05, 0.1) is 22.1 Å². The van der Waals surface area contributed by atoms with Crippen LogP contribution in [0.5, 0.6) is 0 Å². The van der Waals surface area contributed by atoms with Gasteiger partial charge in [0, 0.05) is 0 Å². The molecule has 0 bridgehead atoms. The minimum Gasteiger partial charge on any atom is -0.300 e. The number of nitrogens with zero attached hydrogens (tertiary/aromatic N) is 2. The molecule has 1 aromatic carbocycles. The Morgan fingerprint density at radius 2 is 1.85 bits per heavy atom. The van der Waals surface area contributed by atoms with E-state index in [0.717, 1.165) is 51.9 Å². The van der Waals surface area contributed by atoms with Gasteiger partial charge in [-0.15, -0.1) is 0 Å². The highest BCUT2D eigenvalue weighted by atomic mass is 32.1. The third kappa shape index (κ3) is 2.90. The molecular formula is C19H21N3O3S. The maximum Gasteiger partial charge on any atom is 0.246 e. The lowest BCUT2D eigenvalue weighted by Gasteiger charge is -2.19. The summed E-state index contributed by atoms with van der Waals surface area (Å²) in [6, 6.07) is 4.09. The number of imide groups is 1. The molecule has 3 amide bonds. The van der Waals surface area contributed by atoms with Crippen LogP contribution in [0.25, 0.3) is 10.2 Å². The van der Waals surface area contributed by atoms with Gasteiger partial charge in [-0.25, -0.2) is 4.98 Å². The van der Waals surface area contributed by atoms with Crippen molar-refractivity contribution in [1.82, 2.24) is 9.88 Å². The number of thiazole rings is 1. The summed E-state index contributed by atoms with van der Waals surface area (Å²) in [5.74, 6) is -1.20. The smallest absolute Gasteiger partial charge is 0.246 e. The molecule has 0 spiro atoms. The molecule has 2 unspecified atom stereocenters. The Labute approximate surface area is 155 Å². The van der Waals surface area contributed by atoms with Crippen molar-refractivity contribution in [2.75, 3.05) is 11.9 Å². The fourth-order valence-corrected chi connectivity index (χ4v) is 5.17. The standard InChI is InChI=1S/C19H21N3O3S/c1-10-7-11(2)16-14(8-10)26-19(21-16)20-15(23)9-22-17(24)12-5-3-4-6-13(12)18(22)25/h7-8,12-13H,3-6,9H2,1-2H3,(H,20,21,23). The lowest BCUT2D eigenvalue weighted by molar-refractivity contribution is -0.142. The SMILES string of the molecule is Cc1cc(C)c2nc(NC(=O)CN3C(=O)C4CCCCC4C3=O)sc2c1. The highest BCUT2D eigenvalue weighted by Crippen LogP contribution is 2.38. The molecule has 4 rings (SSSR count). The first-order chi connectivity index (χ1) is 12.4. The van der Waals surface area contributed by atoms with E-state index in [-0.39, 0.29) is 36.1 Å². The van der Waals surface area contributed by atoms with Crippen LogP contribution in [0.15, 0.2) is 12.1 Å². The summed E-state index contributed by atoms with van der Waals surface area (Å²) in [4.78, 5) is 43.0. The predicted molar refractivity (Wildman–Crippen MR) is 99.9 cm³/mol. The van der Waals surface area contributed by atoms with Crippen molar-refractivity contribution in [3.8, 4) is 0 Å². The molecule has 2 aliphatic rings. The van der Waals surface area contributed by atoms with Crippen LogP contribution >= 0.6 is 11.3 Å². The predicted octanol–water partition coefficient (Wildman–Crippen LogP) is 3.03. The number of carbonyl (C=O) groups is 3. The van der Waals surface area contributed by atoms with Crippen LogP contribution in [0.3, 0.4) is 0 Å². The summed E-state index contributed by atoms with van der Waals surface area (Å²) < 4.78 is 1.01. The van der Waals surface area contributed by atoms with Crippen molar-refractivity contribution in [3.05, 3.63) is 23.3 Å². The molecule has 2 heterocycles. The van der Waals surface area contributed by atoms with Crippen molar-refractivity contribution in [2.24, 2.45) is 11.8 Å². The molecule has 1 N–H and O–H groups in total. The van der Waals surface area contributed by atoms with Crippen LogP contribution in [0.1, 0.15) is 36.8 Å². The number of aryl methyl sites for hydroxylation is 2. The van der Waals surface area contributed by atoms with Crippen LogP contribution < -0.4 is 5.32 Å². The van der Waals surface area contributed by atoms with E-state index in [2.05, 4.69) is 16.4 Å². The number of hydrogen-bond donors (Lipinski definition) is 1. The molecule has 1 aromatic heterocycles. The Hall–Kier alpha value is -2.28. The molecule has 136 valence electrons. The van der Waals surface area contributed by atoms with E-state index in [1.807, 2.05) is 19.9 Å². The minimum atomic E-state index is -0.376. The quantitative estimate of drug-likeness (QED) is 0.841. The third-order valence-corrected chi connectivity index (χ3v) is 6.23. The first-order valence-corrected chi connectivity index (χ1v) is 9.78. The first kappa shape index (κ1) is 17.1. The number of nitrogens with one attached hydrogen (secondary N) is 1. The maximum atomic E-state index is 12.5. The Kier molecular flexibility index (Phi) is 4.26. The Balaban J connectivity index is 1.48. The molecule has 1 aliphatic heterocycles. The van der Waals surface area contributed by atoms with E-state index in [1.54, 1.807) is 0 Å². The van der Waals surface area contributed by atoms with Crippen molar-refractivity contribution in [3.63, 3.8) is 0 Å². The lowest BCUT2D eigenvalue weighted by Crippen LogP contribution is -2.38. The zero-order valence-electron chi connectivity index (χ0n) is 14.9. The van der Waals surface area contributed by atoms with Crippen molar-refractivity contribution in [2.45, 2.75) is 39.5 Å².